The summed E-state index contributed by atoms with van der Waals surface area (Å²) in [7, 11) is -3.72. The van der Waals surface area contributed by atoms with E-state index in [1.807, 2.05) is 0 Å². The first-order chi connectivity index (χ1) is 13.3. The summed E-state index contributed by atoms with van der Waals surface area (Å²) in [5.74, 6) is 0.466. The van der Waals surface area contributed by atoms with Crippen molar-refractivity contribution < 1.29 is 18.1 Å². The molecule has 0 aliphatic carbocycles. The van der Waals surface area contributed by atoms with Gasteiger partial charge in [-0.2, -0.15) is 4.31 Å². The van der Waals surface area contributed by atoms with Crippen molar-refractivity contribution in [3.8, 4) is 0 Å². The lowest BCUT2D eigenvalue weighted by atomic mass is 10.2. The highest BCUT2D eigenvalue weighted by Crippen LogP contribution is 2.29. The van der Waals surface area contributed by atoms with Crippen molar-refractivity contribution in [3.05, 3.63) is 28.3 Å². The predicted octanol–water partition coefficient (Wildman–Crippen LogP) is 3.63. The molecular weight excluding hydrogens is 382 g/mol. The summed E-state index contributed by atoms with van der Waals surface area (Å²) in [5, 5.41) is 14.5. The lowest BCUT2D eigenvalue weighted by Crippen LogP contribution is -2.32. The Hall–Kier alpha value is -1.71. The summed E-state index contributed by atoms with van der Waals surface area (Å²) in [6.45, 7) is 6.84. The Kier molecular flexibility index (Phi) is 8.65. The van der Waals surface area contributed by atoms with Crippen LogP contribution in [-0.2, 0) is 14.8 Å². The first-order valence-corrected chi connectivity index (χ1v) is 11.4. The van der Waals surface area contributed by atoms with E-state index in [2.05, 4.69) is 19.2 Å². The third-order valence-electron chi connectivity index (χ3n) is 4.60. The van der Waals surface area contributed by atoms with Gasteiger partial charge in [0.1, 0.15) is 5.69 Å². The highest BCUT2D eigenvalue weighted by molar-refractivity contribution is 7.89. The Bertz CT molecular complexity index is 744. The Balaban J connectivity index is 2.06. The van der Waals surface area contributed by atoms with Crippen LogP contribution in [0.4, 0.5) is 11.4 Å². The maximum Gasteiger partial charge on any atom is 0.293 e. The second-order valence-corrected chi connectivity index (χ2v) is 9.44. The summed E-state index contributed by atoms with van der Waals surface area (Å²) >= 11 is 0. The van der Waals surface area contributed by atoms with Crippen molar-refractivity contribution in [3.63, 3.8) is 0 Å². The van der Waals surface area contributed by atoms with Crippen molar-refractivity contribution in [2.24, 2.45) is 5.92 Å². The second kappa shape index (κ2) is 10.7. The quantitative estimate of drug-likeness (QED) is 0.357. The molecule has 0 saturated carbocycles. The van der Waals surface area contributed by atoms with Crippen molar-refractivity contribution in [1.82, 2.24) is 4.31 Å². The molecule has 1 aromatic carbocycles. The van der Waals surface area contributed by atoms with Gasteiger partial charge >= 0.3 is 0 Å². The maximum absolute atomic E-state index is 12.9. The zero-order valence-electron chi connectivity index (χ0n) is 16.7. The average Bonchev–Trinajstić information content (AvgIpc) is 2.94. The number of nitrogens with one attached hydrogen (secondary N) is 1. The molecule has 9 heteroatoms. The molecule has 28 heavy (non-hydrogen) atoms. The van der Waals surface area contributed by atoms with E-state index in [1.54, 1.807) is 0 Å². The van der Waals surface area contributed by atoms with Crippen LogP contribution in [0.3, 0.4) is 0 Å². The van der Waals surface area contributed by atoms with Gasteiger partial charge in [0.25, 0.3) is 5.69 Å². The molecule has 1 fully saturated rings. The first-order valence-electron chi connectivity index (χ1n) is 9.92. The molecule has 0 amide bonds. The summed E-state index contributed by atoms with van der Waals surface area (Å²) in [6.07, 6.45) is 4.36. The van der Waals surface area contributed by atoms with E-state index in [0.29, 0.717) is 50.9 Å². The molecule has 158 valence electrons. The smallest absolute Gasteiger partial charge is 0.293 e. The zero-order chi connectivity index (χ0) is 20.6. The van der Waals surface area contributed by atoms with E-state index < -0.39 is 14.9 Å². The number of rotatable bonds is 10. The molecule has 0 aromatic heterocycles. The fourth-order valence-corrected chi connectivity index (χ4v) is 4.66. The number of nitro benzene ring substituents is 1. The Morgan fingerprint density at radius 3 is 2.50 bits per heavy atom. The molecule has 0 spiro atoms. The Labute approximate surface area is 167 Å². The van der Waals surface area contributed by atoms with E-state index in [-0.39, 0.29) is 10.6 Å². The Morgan fingerprint density at radius 2 is 1.89 bits per heavy atom. The molecule has 0 radical (unpaired) electrons. The minimum Gasteiger partial charge on any atom is -0.381 e. The highest BCUT2D eigenvalue weighted by atomic mass is 32.2. The molecule has 1 aliphatic rings. The van der Waals surface area contributed by atoms with Gasteiger partial charge in [-0.1, -0.05) is 26.7 Å². The van der Waals surface area contributed by atoms with Gasteiger partial charge in [-0.3, -0.25) is 10.1 Å². The van der Waals surface area contributed by atoms with E-state index in [9.17, 15) is 18.5 Å². The molecular formula is C19H31N3O5S. The number of hydrogen-bond acceptors (Lipinski definition) is 6. The van der Waals surface area contributed by atoms with Gasteiger partial charge in [-0.25, -0.2) is 8.42 Å². The van der Waals surface area contributed by atoms with Crippen LogP contribution in [0.25, 0.3) is 0 Å². The molecule has 1 N–H and O–H groups in total. The van der Waals surface area contributed by atoms with Crippen molar-refractivity contribution in [2.75, 3.05) is 38.2 Å². The summed E-state index contributed by atoms with van der Waals surface area (Å²) < 4.78 is 32.7. The lowest BCUT2D eigenvalue weighted by molar-refractivity contribution is -0.384. The fourth-order valence-electron chi connectivity index (χ4n) is 3.12. The van der Waals surface area contributed by atoms with Crippen molar-refractivity contribution in [2.45, 2.75) is 50.8 Å². The minimum atomic E-state index is -3.72. The molecule has 8 nitrogen and oxygen atoms in total. The largest absolute Gasteiger partial charge is 0.381 e. The topological polar surface area (TPSA) is 102 Å². The summed E-state index contributed by atoms with van der Waals surface area (Å²) in [6, 6.07) is 4.10. The molecule has 1 heterocycles. The van der Waals surface area contributed by atoms with E-state index in [0.717, 1.165) is 31.7 Å². The number of sulfonamides is 1. The molecule has 2 rings (SSSR count). The van der Waals surface area contributed by atoms with Gasteiger partial charge in [0.2, 0.25) is 10.0 Å². The number of anilines is 1. The van der Waals surface area contributed by atoms with Crippen LogP contribution in [0.5, 0.6) is 0 Å². The number of nitrogens with zero attached hydrogens (tertiary/aromatic N) is 2. The van der Waals surface area contributed by atoms with E-state index in [4.69, 9.17) is 4.74 Å². The molecule has 0 bridgehead atoms. The van der Waals surface area contributed by atoms with Crippen LogP contribution in [0.1, 0.15) is 46.0 Å². The SMILES string of the molecule is CC(C)COCCCNc1ccc(S(=O)(=O)N2CCCCCC2)cc1[N+](=O)[O-]. The van der Waals surface area contributed by atoms with Crippen LogP contribution < -0.4 is 5.32 Å². The van der Waals surface area contributed by atoms with Gasteiger partial charge in [-0.15, -0.1) is 0 Å². The monoisotopic (exact) mass is 413 g/mol. The predicted molar refractivity (Wildman–Crippen MR) is 109 cm³/mol. The van der Waals surface area contributed by atoms with Gasteiger partial charge in [0, 0.05) is 38.9 Å². The number of ether oxygens (including phenoxy) is 1. The first kappa shape index (κ1) is 22.6. The standard InChI is InChI=1S/C19H31N3O5S/c1-16(2)15-27-13-7-10-20-18-9-8-17(14-19(18)22(23)24)28(25,26)21-11-5-3-4-6-12-21/h8-9,14,16,20H,3-7,10-13,15H2,1-2H3. The van der Waals surface area contributed by atoms with Crippen LogP contribution in [0, 0.1) is 16.0 Å². The molecule has 0 atom stereocenters. The molecule has 1 saturated heterocycles. The zero-order valence-corrected chi connectivity index (χ0v) is 17.5. The van der Waals surface area contributed by atoms with E-state index >= 15 is 0 Å². The van der Waals surface area contributed by atoms with E-state index in [1.165, 1.54) is 16.4 Å². The van der Waals surface area contributed by atoms with Crippen molar-refractivity contribution in [1.29, 1.82) is 0 Å². The van der Waals surface area contributed by atoms with Gasteiger partial charge in [-0.05, 0) is 37.3 Å². The normalized spacial score (nSPS) is 16.1. The van der Waals surface area contributed by atoms with Crippen LogP contribution >= 0.6 is 0 Å². The summed E-state index contributed by atoms with van der Waals surface area (Å²) in [5.41, 5.74) is 0.0997. The minimum absolute atomic E-state index is 0.0214. The number of benzene rings is 1. The van der Waals surface area contributed by atoms with Gasteiger partial charge in [0.05, 0.1) is 9.82 Å². The van der Waals surface area contributed by atoms with Crippen LogP contribution in [0.15, 0.2) is 23.1 Å². The Morgan fingerprint density at radius 1 is 1.21 bits per heavy atom. The maximum atomic E-state index is 12.9. The third kappa shape index (κ3) is 6.42. The molecule has 1 aliphatic heterocycles. The average molecular weight is 414 g/mol. The van der Waals surface area contributed by atoms with Crippen LogP contribution in [-0.4, -0.2) is 50.5 Å². The number of hydrogen-bond donors (Lipinski definition) is 1. The molecule has 1 aromatic rings. The fraction of sp³-hybridized carbons (Fsp3) is 0.684. The van der Waals surface area contributed by atoms with Gasteiger partial charge < -0.3 is 10.1 Å². The lowest BCUT2D eigenvalue weighted by Gasteiger charge is -2.20. The van der Waals surface area contributed by atoms with Crippen molar-refractivity contribution >= 4 is 21.4 Å². The summed E-state index contributed by atoms with van der Waals surface area (Å²) in [4.78, 5) is 10.9. The second-order valence-electron chi connectivity index (χ2n) is 7.50. The van der Waals surface area contributed by atoms with Gasteiger partial charge in [0.15, 0.2) is 0 Å². The number of nitro groups is 1. The van der Waals surface area contributed by atoms with Crippen LogP contribution in [0.2, 0.25) is 0 Å². The molecule has 0 unspecified atom stereocenters. The third-order valence-corrected chi connectivity index (χ3v) is 6.50. The highest BCUT2D eigenvalue weighted by Gasteiger charge is 2.27.